The number of hydrogen-bond acceptors (Lipinski definition) is 1. The standard InChI is InChI=1S/C16H29N3O/c1-15-11-18-7-8-19(12-15)10-14(9-18)16(15,20)13-17-5-3-2-4-6-17/h14,20H,2-13H2,1H3/p+3/t14?,15?,16-/m1/s1. The van der Waals surface area contributed by atoms with Gasteiger partial charge in [0.25, 0.3) is 0 Å². The van der Waals surface area contributed by atoms with Crippen LogP contribution in [0.2, 0.25) is 0 Å². The fourth-order valence-corrected chi connectivity index (χ4v) is 5.92. The van der Waals surface area contributed by atoms with Crippen molar-refractivity contribution >= 4 is 0 Å². The molecule has 4 nitrogen and oxygen atoms in total. The molecule has 4 heteroatoms. The summed E-state index contributed by atoms with van der Waals surface area (Å²) in [4.78, 5) is 5.22. The molecule has 0 saturated carbocycles. The first kappa shape index (κ1) is 13.5. The third kappa shape index (κ3) is 1.96. The Labute approximate surface area is 122 Å². The number of quaternary nitrogens is 3. The summed E-state index contributed by atoms with van der Waals surface area (Å²) in [5.41, 5.74) is -0.239. The summed E-state index contributed by atoms with van der Waals surface area (Å²) in [7, 11) is 0. The second kappa shape index (κ2) is 4.67. The molecule has 5 rings (SSSR count). The lowest BCUT2D eigenvalue weighted by atomic mass is 9.61. The summed E-state index contributed by atoms with van der Waals surface area (Å²) in [5, 5.41) is 11.7. The van der Waals surface area contributed by atoms with Crippen LogP contribution in [0.1, 0.15) is 26.2 Å². The van der Waals surface area contributed by atoms with Gasteiger partial charge in [0.05, 0.1) is 45.2 Å². The molecule has 0 aromatic heterocycles. The summed E-state index contributed by atoms with van der Waals surface area (Å²) >= 11 is 0. The lowest BCUT2D eigenvalue weighted by Gasteiger charge is -2.55. The van der Waals surface area contributed by atoms with E-state index in [1.54, 1.807) is 14.7 Å². The molecule has 5 heterocycles. The van der Waals surface area contributed by atoms with Gasteiger partial charge in [0, 0.05) is 0 Å². The predicted octanol–water partition coefficient (Wildman–Crippen LogP) is -3.78. The maximum atomic E-state index is 11.7. The highest BCUT2D eigenvalue weighted by Gasteiger charge is 2.67. The Hall–Kier alpha value is -0.160. The van der Waals surface area contributed by atoms with Crippen molar-refractivity contribution in [2.24, 2.45) is 11.3 Å². The number of aliphatic hydroxyl groups is 1. The van der Waals surface area contributed by atoms with Crippen LogP contribution in [0.25, 0.3) is 0 Å². The van der Waals surface area contributed by atoms with E-state index in [1.165, 1.54) is 71.6 Å². The SMILES string of the molecule is CC12C[NH+]3CC[NH+](CC(C3)[C@]1(O)C[NH+]1CCCCC1)C2. The van der Waals surface area contributed by atoms with E-state index in [9.17, 15) is 5.11 Å². The van der Waals surface area contributed by atoms with Crippen LogP contribution in [0, 0.1) is 11.3 Å². The van der Waals surface area contributed by atoms with Crippen LogP contribution in [0.3, 0.4) is 0 Å². The zero-order chi connectivity index (χ0) is 13.8. The van der Waals surface area contributed by atoms with Crippen molar-refractivity contribution in [3.8, 4) is 0 Å². The summed E-state index contributed by atoms with van der Waals surface area (Å²) in [6, 6.07) is 0. The van der Waals surface area contributed by atoms with Crippen molar-refractivity contribution in [1.82, 2.24) is 0 Å². The maximum absolute atomic E-state index is 11.7. The zero-order valence-corrected chi connectivity index (χ0v) is 13.0. The predicted molar refractivity (Wildman–Crippen MR) is 77.1 cm³/mol. The van der Waals surface area contributed by atoms with Crippen LogP contribution in [0.4, 0.5) is 0 Å². The third-order valence-corrected chi connectivity index (χ3v) is 6.98. The van der Waals surface area contributed by atoms with Crippen molar-refractivity contribution < 1.29 is 19.8 Å². The molecule has 5 aliphatic rings. The number of fused-ring (bicyclic) bond motifs is 1. The van der Waals surface area contributed by atoms with Crippen molar-refractivity contribution in [3.63, 3.8) is 0 Å². The normalized spacial score (nSPS) is 52.2. The minimum absolute atomic E-state index is 0.153. The molecule has 0 aliphatic carbocycles. The van der Waals surface area contributed by atoms with Crippen molar-refractivity contribution in [2.45, 2.75) is 31.8 Å². The van der Waals surface area contributed by atoms with Gasteiger partial charge in [-0.25, -0.2) is 0 Å². The summed E-state index contributed by atoms with van der Waals surface area (Å²) in [6.07, 6.45) is 4.13. The molecule has 20 heavy (non-hydrogen) atoms. The lowest BCUT2D eigenvalue weighted by molar-refractivity contribution is -0.940. The fraction of sp³-hybridized carbons (Fsp3) is 1.00. The molecule has 0 radical (unpaired) electrons. The molecule has 0 aromatic carbocycles. The van der Waals surface area contributed by atoms with Crippen LogP contribution >= 0.6 is 0 Å². The Balaban J connectivity index is 1.59. The number of nitrogens with one attached hydrogen (secondary N) is 3. The van der Waals surface area contributed by atoms with Gasteiger partial charge in [0.1, 0.15) is 30.7 Å². The molecule has 3 atom stereocenters. The number of hydrogen-bond donors (Lipinski definition) is 4. The number of likely N-dealkylation sites (tertiary alicyclic amines) is 1. The molecule has 5 fully saturated rings. The smallest absolute Gasteiger partial charge is 0.143 e. The zero-order valence-electron chi connectivity index (χ0n) is 13.0. The van der Waals surface area contributed by atoms with Crippen molar-refractivity contribution in [1.29, 1.82) is 0 Å². The van der Waals surface area contributed by atoms with Crippen molar-refractivity contribution in [3.05, 3.63) is 0 Å². The molecular formula is C16H32N3O+3. The average Bonchev–Trinajstić information content (AvgIpc) is 2.66. The first-order chi connectivity index (χ1) is 9.59. The Kier molecular flexibility index (Phi) is 3.15. The van der Waals surface area contributed by atoms with E-state index in [-0.39, 0.29) is 5.41 Å². The van der Waals surface area contributed by atoms with Gasteiger partial charge in [-0.1, -0.05) is 0 Å². The summed E-state index contributed by atoms with van der Waals surface area (Å²) < 4.78 is 0. The molecule has 4 N–H and O–H groups in total. The lowest BCUT2D eigenvalue weighted by Crippen LogP contribution is -3.22. The first-order valence-corrected chi connectivity index (χ1v) is 8.82. The molecule has 5 saturated heterocycles. The van der Waals surface area contributed by atoms with E-state index in [4.69, 9.17) is 0 Å². The van der Waals surface area contributed by atoms with Gasteiger partial charge in [0.2, 0.25) is 0 Å². The van der Waals surface area contributed by atoms with E-state index in [0.717, 1.165) is 6.54 Å². The molecule has 0 amide bonds. The third-order valence-electron chi connectivity index (χ3n) is 6.98. The largest absolute Gasteiger partial charge is 0.382 e. The van der Waals surface area contributed by atoms with Crippen LogP contribution in [0.15, 0.2) is 0 Å². The van der Waals surface area contributed by atoms with Gasteiger partial charge in [-0.05, 0) is 26.2 Å². The highest BCUT2D eigenvalue weighted by atomic mass is 16.3. The van der Waals surface area contributed by atoms with Crippen molar-refractivity contribution in [2.75, 3.05) is 58.9 Å². The highest BCUT2D eigenvalue weighted by molar-refractivity contribution is 5.04. The molecule has 5 aliphatic heterocycles. The Morgan fingerprint density at radius 1 is 0.950 bits per heavy atom. The highest BCUT2D eigenvalue weighted by Crippen LogP contribution is 2.38. The quantitative estimate of drug-likeness (QED) is 0.412. The fourth-order valence-electron chi connectivity index (χ4n) is 5.92. The van der Waals surface area contributed by atoms with Gasteiger partial charge >= 0.3 is 0 Å². The number of piperidine rings is 3. The van der Waals surface area contributed by atoms with Gasteiger partial charge in [-0.2, -0.15) is 0 Å². The van der Waals surface area contributed by atoms with Crippen LogP contribution in [-0.2, 0) is 0 Å². The summed E-state index contributed by atoms with van der Waals surface area (Å²) in [5.74, 6) is 0.539. The molecule has 0 aromatic rings. The van der Waals surface area contributed by atoms with E-state index in [0.29, 0.717) is 5.92 Å². The Morgan fingerprint density at radius 2 is 1.55 bits per heavy atom. The Bertz CT molecular complexity index is 366. The van der Waals surface area contributed by atoms with Gasteiger partial charge < -0.3 is 19.8 Å². The second-order valence-corrected chi connectivity index (χ2v) is 8.43. The van der Waals surface area contributed by atoms with E-state index < -0.39 is 5.60 Å². The monoisotopic (exact) mass is 282 g/mol. The molecular weight excluding hydrogens is 250 g/mol. The van der Waals surface area contributed by atoms with Crippen LogP contribution in [0.5, 0.6) is 0 Å². The molecule has 114 valence electrons. The minimum Gasteiger partial charge on any atom is -0.382 e. The number of rotatable bonds is 2. The molecule has 0 spiro atoms. The summed E-state index contributed by atoms with van der Waals surface area (Å²) in [6.45, 7) is 13.5. The molecule has 2 unspecified atom stereocenters. The molecule has 4 bridgehead atoms. The first-order valence-electron chi connectivity index (χ1n) is 8.82. The van der Waals surface area contributed by atoms with Crippen LogP contribution in [-0.4, -0.2) is 69.6 Å². The topological polar surface area (TPSA) is 33.5 Å². The van der Waals surface area contributed by atoms with Crippen LogP contribution < -0.4 is 14.7 Å². The Morgan fingerprint density at radius 3 is 2.10 bits per heavy atom. The van der Waals surface area contributed by atoms with Gasteiger partial charge in [-0.3, -0.25) is 0 Å². The second-order valence-electron chi connectivity index (χ2n) is 8.43. The minimum atomic E-state index is -0.392. The van der Waals surface area contributed by atoms with Gasteiger partial charge in [0.15, 0.2) is 0 Å². The van der Waals surface area contributed by atoms with Gasteiger partial charge in [-0.15, -0.1) is 0 Å². The average molecular weight is 282 g/mol. The van der Waals surface area contributed by atoms with E-state index in [1.807, 2.05) is 0 Å². The van der Waals surface area contributed by atoms with E-state index in [2.05, 4.69) is 6.92 Å². The van der Waals surface area contributed by atoms with E-state index >= 15 is 0 Å². The maximum Gasteiger partial charge on any atom is 0.143 e.